The number of hydrogen-bond acceptors (Lipinski definition) is 9. The molecule has 1 unspecified atom stereocenters. The van der Waals surface area contributed by atoms with E-state index in [1.54, 1.807) is 7.11 Å². The number of methoxy groups -OCH3 is 1. The largest absolute Gasteiger partial charge is 0.497 e. The lowest BCUT2D eigenvalue weighted by Gasteiger charge is -2.36. The molecule has 3 aromatic rings. The second-order valence-corrected chi connectivity index (χ2v) is 18.9. The number of rotatable bonds is 13. The molecule has 0 spiro atoms. The van der Waals surface area contributed by atoms with E-state index in [4.69, 9.17) is 14.5 Å². The van der Waals surface area contributed by atoms with Gasteiger partial charge in [0.15, 0.2) is 0 Å². The van der Waals surface area contributed by atoms with Crippen molar-refractivity contribution < 1.29 is 37.1 Å². The Labute approximate surface area is 334 Å². The first-order chi connectivity index (χ1) is 27.1. The number of aromatic nitrogens is 1. The number of fused-ring (bicyclic) bond motifs is 1. The van der Waals surface area contributed by atoms with E-state index >= 15 is 0 Å². The van der Waals surface area contributed by atoms with Crippen molar-refractivity contribution in [2.75, 3.05) is 26.7 Å². The van der Waals surface area contributed by atoms with Crippen LogP contribution in [0.4, 0.5) is 0 Å². The van der Waals surface area contributed by atoms with E-state index in [-0.39, 0.29) is 37.6 Å². The van der Waals surface area contributed by atoms with Crippen LogP contribution in [0.3, 0.4) is 0 Å². The van der Waals surface area contributed by atoms with Gasteiger partial charge in [0, 0.05) is 54.9 Å². The number of ether oxygens (including phenoxy) is 2. The van der Waals surface area contributed by atoms with Gasteiger partial charge in [-0.1, -0.05) is 57.2 Å². The maximum atomic E-state index is 14.9. The van der Waals surface area contributed by atoms with E-state index in [0.717, 1.165) is 24.8 Å². The monoisotopic (exact) mass is 799 g/mol. The van der Waals surface area contributed by atoms with Gasteiger partial charge >= 0.3 is 0 Å². The average Bonchev–Trinajstić information content (AvgIpc) is 4.13. The molecular weight excluding hydrogens is 747 g/mol. The summed E-state index contributed by atoms with van der Waals surface area (Å²) >= 11 is 0. The van der Waals surface area contributed by atoms with Crippen LogP contribution in [-0.2, 0) is 29.2 Å². The van der Waals surface area contributed by atoms with Gasteiger partial charge in [-0.05, 0) is 56.1 Å². The normalized spacial score (nSPS) is 24.0. The molecular formula is C43H53N5O8S. The van der Waals surface area contributed by atoms with Crippen LogP contribution in [0.1, 0.15) is 72.1 Å². The Bertz CT molecular complexity index is 2160. The lowest BCUT2D eigenvalue weighted by molar-refractivity contribution is -0.148. The Morgan fingerprint density at radius 1 is 1.04 bits per heavy atom. The summed E-state index contributed by atoms with van der Waals surface area (Å²) in [6.45, 7) is 10.9. The molecule has 0 radical (unpaired) electrons. The highest BCUT2D eigenvalue weighted by Crippen LogP contribution is 2.46. The van der Waals surface area contributed by atoms with E-state index in [9.17, 15) is 27.6 Å². The third-order valence-corrected chi connectivity index (χ3v) is 13.7. The summed E-state index contributed by atoms with van der Waals surface area (Å²) in [4.78, 5) is 64.9. The number of amides is 4. The minimum absolute atomic E-state index is 0.0140. The number of nitrogens with zero attached hydrogens (tertiary/aromatic N) is 3. The number of carbonyl (C=O) groups excluding carboxylic acids is 4. The van der Waals surface area contributed by atoms with Crippen LogP contribution in [0.2, 0.25) is 0 Å². The van der Waals surface area contributed by atoms with E-state index in [0.29, 0.717) is 54.0 Å². The molecule has 13 nitrogen and oxygen atoms in total. The van der Waals surface area contributed by atoms with E-state index in [2.05, 4.69) is 16.6 Å². The first kappa shape index (κ1) is 40.2. The van der Waals surface area contributed by atoms with Crippen molar-refractivity contribution >= 4 is 44.6 Å². The number of hydrogen-bond donors (Lipinski definition) is 2. The summed E-state index contributed by atoms with van der Waals surface area (Å²) in [5.74, 6) is -2.03. The van der Waals surface area contributed by atoms with Crippen molar-refractivity contribution in [1.82, 2.24) is 24.8 Å². The van der Waals surface area contributed by atoms with Crippen LogP contribution >= 0.6 is 0 Å². The molecule has 57 heavy (non-hydrogen) atoms. The summed E-state index contributed by atoms with van der Waals surface area (Å²) in [7, 11) is -2.31. The number of likely N-dealkylation sites (tertiary alicyclic amines) is 2. The average molecular weight is 800 g/mol. The smallest absolute Gasteiger partial charge is 0.259 e. The quantitative estimate of drug-likeness (QED) is 0.227. The maximum absolute atomic E-state index is 14.9. The highest BCUT2D eigenvalue weighted by atomic mass is 32.2. The molecule has 2 aliphatic carbocycles. The Morgan fingerprint density at radius 3 is 2.39 bits per heavy atom. The molecule has 2 saturated carbocycles. The zero-order chi connectivity index (χ0) is 40.7. The summed E-state index contributed by atoms with van der Waals surface area (Å²) in [6, 6.07) is 15.9. The van der Waals surface area contributed by atoms with Gasteiger partial charge in [0.2, 0.25) is 27.7 Å². The van der Waals surface area contributed by atoms with Crippen LogP contribution in [-0.4, -0.2) is 96.5 Å². The molecule has 14 heteroatoms. The van der Waals surface area contributed by atoms with Crippen molar-refractivity contribution in [3.8, 4) is 22.8 Å². The zero-order valence-corrected chi connectivity index (χ0v) is 34.0. The zero-order valence-electron chi connectivity index (χ0n) is 33.2. The standard InChI is InChI=1S/C43H53N5O8S/c1-6-28-25-43(28,41(52)46-57(53,54)31-16-17-31)45-39(50)36-22-30(26-48(36)40(51)33(42(2,3)4)23-38(49)47-19-11-8-12-20-47)56-37-24-34(27-13-9-7-10-14-27)44-35-21-29(55-5)15-18-32(35)37/h6-7,9-10,13-15,18,21,24,28,30-31,33,36H,1,8,11-12,16-17,19-20,22-23,25-26H2,2-5H3,(H,45,50)(H,46,52)/t28?,30-,33-,36+,43-/m1/s1. The van der Waals surface area contributed by atoms with Crippen molar-refractivity contribution in [3.63, 3.8) is 0 Å². The van der Waals surface area contributed by atoms with Crippen molar-refractivity contribution in [2.24, 2.45) is 17.3 Å². The first-order valence-corrected chi connectivity index (χ1v) is 21.5. The van der Waals surface area contributed by atoms with Crippen molar-refractivity contribution in [1.29, 1.82) is 0 Å². The predicted octanol–water partition coefficient (Wildman–Crippen LogP) is 4.99. The summed E-state index contributed by atoms with van der Waals surface area (Å²) in [5, 5.41) is 2.94. The van der Waals surface area contributed by atoms with Crippen LogP contribution < -0.4 is 19.5 Å². The number of pyridine rings is 1. The molecule has 4 amide bonds. The van der Waals surface area contributed by atoms with Crippen LogP contribution in [0, 0.1) is 17.3 Å². The number of nitrogens with one attached hydrogen (secondary N) is 2. The van der Waals surface area contributed by atoms with Gasteiger partial charge in [-0.3, -0.25) is 23.9 Å². The molecule has 7 rings (SSSR count). The van der Waals surface area contributed by atoms with Crippen LogP contribution in [0.5, 0.6) is 11.5 Å². The lowest BCUT2D eigenvalue weighted by Crippen LogP contribution is -2.57. The van der Waals surface area contributed by atoms with Gasteiger partial charge in [0.1, 0.15) is 29.2 Å². The van der Waals surface area contributed by atoms with Crippen molar-refractivity contribution in [2.45, 2.75) is 95.1 Å². The lowest BCUT2D eigenvalue weighted by atomic mass is 9.77. The first-order valence-electron chi connectivity index (χ1n) is 19.9. The third-order valence-electron chi connectivity index (χ3n) is 11.9. The Morgan fingerprint density at radius 2 is 1.75 bits per heavy atom. The van der Waals surface area contributed by atoms with Gasteiger partial charge in [-0.2, -0.15) is 0 Å². The third kappa shape index (κ3) is 8.51. The summed E-state index contributed by atoms with van der Waals surface area (Å²) in [5.41, 5.74) is -0.0157. The number of piperidine rings is 1. The van der Waals surface area contributed by atoms with Gasteiger partial charge in [-0.25, -0.2) is 13.4 Å². The van der Waals surface area contributed by atoms with E-state index < -0.39 is 62.0 Å². The van der Waals surface area contributed by atoms with Crippen LogP contribution in [0.25, 0.3) is 22.2 Å². The minimum atomic E-state index is -3.90. The molecule has 2 aromatic carbocycles. The molecule has 2 N–H and O–H groups in total. The summed E-state index contributed by atoms with van der Waals surface area (Å²) in [6.07, 6.45) is 4.91. The van der Waals surface area contributed by atoms with Gasteiger partial charge in [0.05, 0.1) is 36.0 Å². The van der Waals surface area contributed by atoms with Gasteiger partial charge in [0.25, 0.3) is 5.91 Å². The Hall–Kier alpha value is -4.98. The van der Waals surface area contributed by atoms with E-state index in [1.165, 1.54) is 11.0 Å². The minimum Gasteiger partial charge on any atom is -0.497 e. The fourth-order valence-electron chi connectivity index (χ4n) is 8.14. The molecule has 2 saturated heterocycles. The predicted molar refractivity (Wildman–Crippen MR) is 216 cm³/mol. The molecule has 4 aliphatic rings. The Balaban J connectivity index is 1.21. The Kier molecular flexibility index (Phi) is 11.1. The second-order valence-electron chi connectivity index (χ2n) is 17.0. The molecule has 2 aliphatic heterocycles. The number of carbonyl (C=O) groups is 4. The molecule has 3 heterocycles. The molecule has 1 aromatic heterocycles. The molecule has 304 valence electrons. The van der Waals surface area contributed by atoms with Gasteiger partial charge in [-0.15, -0.1) is 6.58 Å². The number of benzene rings is 2. The fraction of sp³-hybridized carbons (Fsp3) is 0.512. The highest BCUT2D eigenvalue weighted by molar-refractivity contribution is 7.91. The molecule has 0 bridgehead atoms. The van der Waals surface area contributed by atoms with Gasteiger partial charge < -0.3 is 24.6 Å². The maximum Gasteiger partial charge on any atom is 0.259 e. The topological polar surface area (TPSA) is 164 Å². The SMILES string of the molecule is C=CC1C[C@]1(NC(=O)[C@@H]1C[C@@H](Oc2cc(-c3ccccc3)nc3cc(OC)ccc23)CN1C(=O)[C@@H](CC(=O)N1CCCCC1)C(C)(C)C)C(=O)NS(=O)(=O)C1CC1. The second kappa shape index (κ2) is 15.8. The van der Waals surface area contributed by atoms with Crippen molar-refractivity contribution in [3.05, 3.63) is 67.3 Å². The highest BCUT2D eigenvalue weighted by Gasteiger charge is 2.62. The molecule has 5 atom stereocenters. The summed E-state index contributed by atoms with van der Waals surface area (Å²) < 4.78 is 40.1. The van der Waals surface area contributed by atoms with Crippen LogP contribution in [0.15, 0.2) is 67.3 Å². The van der Waals surface area contributed by atoms with E-state index in [1.807, 2.05) is 80.3 Å². The number of sulfonamides is 1. The fourth-order valence-corrected chi connectivity index (χ4v) is 9.51. The molecule has 4 fully saturated rings.